The van der Waals surface area contributed by atoms with Crippen molar-refractivity contribution in [3.05, 3.63) is 0 Å². The fourth-order valence-corrected chi connectivity index (χ4v) is 2.07. The van der Waals surface area contributed by atoms with Crippen molar-refractivity contribution in [2.24, 2.45) is 11.8 Å². The second-order valence-corrected chi connectivity index (χ2v) is 4.92. The molecule has 0 aromatic rings. The molecule has 0 spiro atoms. The first-order valence-corrected chi connectivity index (χ1v) is 5.90. The number of nitriles is 1. The number of carbonyl (C=O) groups is 1. The van der Waals surface area contributed by atoms with Crippen molar-refractivity contribution in [1.29, 1.82) is 5.26 Å². The molecule has 4 nitrogen and oxygen atoms in total. The van der Waals surface area contributed by atoms with Crippen LogP contribution in [0.15, 0.2) is 0 Å². The van der Waals surface area contributed by atoms with E-state index in [-0.39, 0.29) is 6.04 Å². The van der Waals surface area contributed by atoms with Gasteiger partial charge in [0.05, 0.1) is 6.07 Å². The van der Waals surface area contributed by atoms with E-state index < -0.39 is 5.97 Å². The average molecular weight is 224 g/mol. The van der Waals surface area contributed by atoms with E-state index in [0.717, 1.165) is 19.4 Å². The standard InChI is InChI=1S/C12H20N2O2/c1-9(2)8-14(7-3-6-13)11(12(15)16)10-4-5-10/h9-11H,3-5,7-8H2,1-2H3,(H,15,16). The minimum Gasteiger partial charge on any atom is -0.480 e. The molecule has 1 aliphatic rings. The number of aliphatic carboxylic acids is 1. The molecule has 1 unspecified atom stereocenters. The summed E-state index contributed by atoms with van der Waals surface area (Å²) >= 11 is 0. The molecule has 1 N–H and O–H groups in total. The van der Waals surface area contributed by atoms with Crippen LogP contribution in [0.2, 0.25) is 0 Å². The van der Waals surface area contributed by atoms with E-state index in [1.807, 2.05) is 4.90 Å². The number of carboxylic acids is 1. The van der Waals surface area contributed by atoms with Crippen molar-refractivity contribution in [1.82, 2.24) is 4.90 Å². The number of rotatable bonds is 7. The number of nitrogens with zero attached hydrogens (tertiary/aromatic N) is 2. The second-order valence-electron chi connectivity index (χ2n) is 4.92. The Morgan fingerprint density at radius 1 is 1.56 bits per heavy atom. The molecule has 4 heteroatoms. The highest BCUT2D eigenvalue weighted by Gasteiger charge is 2.40. The first kappa shape index (κ1) is 13.0. The van der Waals surface area contributed by atoms with E-state index in [4.69, 9.17) is 5.26 Å². The molecule has 0 heterocycles. The second kappa shape index (κ2) is 5.86. The Balaban J connectivity index is 2.63. The third-order valence-electron chi connectivity index (χ3n) is 2.83. The zero-order valence-corrected chi connectivity index (χ0v) is 10.0. The fraction of sp³-hybridized carbons (Fsp3) is 0.833. The van der Waals surface area contributed by atoms with Gasteiger partial charge in [0.2, 0.25) is 0 Å². The summed E-state index contributed by atoms with van der Waals surface area (Å²) in [7, 11) is 0. The van der Waals surface area contributed by atoms with Crippen molar-refractivity contribution in [2.75, 3.05) is 13.1 Å². The van der Waals surface area contributed by atoms with E-state index in [1.165, 1.54) is 0 Å². The summed E-state index contributed by atoms with van der Waals surface area (Å²) in [6.07, 6.45) is 2.43. The normalized spacial score (nSPS) is 17.4. The Morgan fingerprint density at radius 3 is 2.56 bits per heavy atom. The minimum absolute atomic E-state index is 0.301. The monoisotopic (exact) mass is 224 g/mol. The van der Waals surface area contributed by atoms with Crippen molar-refractivity contribution in [3.63, 3.8) is 0 Å². The predicted molar refractivity (Wildman–Crippen MR) is 60.8 cm³/mol. The van der Waals surface area contributed by atoms with E-state index in [1.54, 1.807) is 0 Å². The van der Waals surface area contributed by atoms with Crippen LogP contribution < -0.4 is 0 Å². The lowest BCUT2D eigenvalue weighted by Crippen LogP contribution is -2.45. The molecule has 0 aromatic heterocycles. The molecule has 1 saturated carbocycles. The van der Waals surface area contributed by atoms with Crippen molar-refractivity contribution in [3.8, 4) is 6.07 Å². The zero-order valence-electron chi connectivity index (χ0n) is 10.0. The first-order valence-electron chi connectivity index (χ1n) is 5.90. The molecule has 0 aromatic carbocycles. The Kier molecular flexibility index (Phi) is 4.75. The van der Waals surface area contributed by atoms with E-state index in [0.29, 0.717) is 24.8 Å². The smallest absolute Gasteiger partial charge is 0.321 e. The number of hydrogen-bond donors (Lipinski definition) is 1. The Morgan fingerprint density at radius 2 is 2.19 bits per heavy atom. The molecular weight excluding hydrogens is 204 g/mol. The van der Waals surface area contributed by atoms with Crippen LogP contribution in [0.1, 0.15) is 33.1 Å². The summed E-state index contributed by atoms with van der Waals surface area (Å²) in [6, 6.07) is 1.71. The molecule has 16 heavy (non-hydrogen) atoms. The molecule has 90 valence electrons. The molecular formula is C12H20N2O2. The van der Waals surface area contributed by atoms with Gasteiger partial charge in [-0.25, -0.2) is 0 Å². The Hall–Kier alpha value is -1.08. The van der Waals surface area contributed by atoms with Gasteiger partial charge >= 0.3 is 5.97 Å². The third kappa shape index (κ3) is 3.82. The Labute approximate surface area is 96.9 Å². The van der Waals surface area contributed by atoms with Crippen LogP contribution in [-0.4, -0.2) is 35.1 Å². The zero-order chi connectivity index (χ0) is 12.1. The lowest BCUT2D eigenvalue weighted by molar-refractivity contribution is -0.144. The van der Waals surface area contributed by atoms with Crippen LogP contribution in [0, 0.1) is 23.2 Å². The maximum atomic E-state index is 11.2. The summed E-state index contributed by atoms with van der Waals surface area (Å²) in [5.74, 6) is -0.00433. The topological polar surface area (TPSA) is 64.3 Å². The van der Waals surface area contributed by atoms with E-state index in [9.17, 15) is 9.90 Å². The molecule has 1 aliphatic carbocycles. The predicted octanol–water partition coefficient (Wildman–Crippen LogP) is 1.72. The van der Waals surface area contributed by atoms with Gasteiger partial charge in [-0.05, 0) is 24.7 Å². The van der Waals surface area contributed by atoms with Gasteiger partial charge in [0.15, 0.2) is 0 Å². The summed E-state index contributed by atoms with van der Waals surface area (Å²) in [5, 5.41) is 17.8. The lowest BCUT2D eigenvalue weighted by atomic mass is 10.1. The number of hydrogen-bond acceptors (Lipinski definition) is 3. The molecule has 0 aliphatic heterocycles. The average Bonchev–Trinajstić information content (AvgIpc) is 2.97. The quantitative estimate of drug-likeness (QED) is 0.715. The summed E-state index contributed by atoms with van der Waals surface area (Å²) < 4.78 is 0. The van der Waals surface area contributed by atoms with Gasteiger partial charge in [-0.15, -0.1) is 0 Å². The fourth-order valence-electron chi connectivity index (χ4n) is 2.07. The largest absolute Gasteiger partial charge is 0.480 e. The van der Waals surface area contributed by atoms with Crippen molar-refractivity contribution in [2.45, 2.75) is 39.2 Å². The van der Waals surface area contributed by atoms with Gasteiger partial charge in [-0.2, -0.15) is 5.26 Å². The summed E-state index contributed by atoms with van der Waals surface area (Å²) in [6.45, 7) is 5.48. The molecule has 1 fully saturated rings. The van der Waals surface area contributed by atoms with Crippen LogP contribution in [0.4, 0.5) is 0 Å². The van der Waals surface area contributed by atoms with Crippen LogP contribution in [0.25, 0.3) is 0 Å². The Bertz CT molecular complexity index is 279. The van der Waals surface area contributed by atoms with E-state index in [2.05, 4.69) is 19.9 Å². The highest BCUT2D eigenvalue weighted by Crippen LogP contribution is 2.35. The van der Waals surface area contributed by atoms with Gasteiger partial charge in [-0.1, -0.05) is 13.8 Å². The molecule has 1 rings (SSSR count). The summed E-state index contributed by atoms with van der Waals surface area (Å²) in [4.78, 5) is 13.2. The van der Waals surface area contributed by atoms with Crippen molar-refractivity contribution < 1.29 is 9.90 Å². The maximum absolute atomic E-state index is 11.2. The third-order valence-corrected chi connectivity index (χ3v) is 2.83. The van der Waals surface area contributed by atoms with Gasteiger partial charge < -0.3 is 5.11 Å². The van der Waals surface area contributed by atoms with Gasteiger partial charge in [0.1, 0.15) is 6.04 Å². The molecule has 0 bridgehead atoms. The van der Waals surface area contributed by atoms with Gasteiger partial charge in [0.25, 0.3) is 0 Å². The van der Waals surface area contributed by atoms with Gasteiger partial charge in [-0.3, -0.25) is 9.69 Å². The highest BCUT2D eigenvalue weighted by molar-refractivity contribution is 5.74. The SMILES string of the molecule is CC(C)CN(CCC#N)C(C(=O)O)C1CC1. The molecule has 0 radical (unpaired) electrons. The number of carboxylic acid groups (broad SMARTS) is 1. The van der Waals surface area contributed by atoms with Crippen LogP contribution in [0.3, 0.4) is 0 Å². The summed E-state index contributed by atoms with van der Waals surface area (Å²) in [5.41, 5.74) is 0. The van der Waals surface area contributed by atoms with E-state index >= 15 is 0 Å². The maximum Gasteiger partial charge on any atom is 0.321 e. The molecule has 0 amide bonds. The van der Waals surface area contributed by atoms with Gasteiger partial charge in [0, 0.05) is 19.5 Å². The highest BCUT2D eigenvalue weighted by atomic mass is 16.4. The molecule has 0 saturated heterocycles. The molecule has 1 atom stereocenters. The lowest BCUT2D eigenvalue weighted by Gasteiger charge is -2.29. The van der Waals surface area contributed by atoms with Crippen molar-refractivity contribution >= 4 is 5.97 Å². The first-order chi connectivity index (χ1) is 7.56. The van der Waals surface area contributed by atoms with Crippen LogP contribution in [0.5, 0.6) is 0 Å². The van der Waals surface area contributed by atoms with Crippen LogP contribution in [-0.2, 0) is 4.79 Å². The van der Waals surface area contributed by atoms with Crippen LogP contribution >= 0.6 is 0 Å². The minimum atomic E-state index is -0.735.